The fourth-order valence-corrected chi connectivity index (χ4v) is 4.28. The third-order valence-corrected chi connectivity index (χ3v) is 6.36. The summed E-state index contributed by atoms with van der Waals surface area (Å²) in [5.41, 5.74) is 1.02. The number of aryl methyl sites for hydroxylation is 1. The largest absolute Gasteiger partial charge is 0.394 e. The Hall–Kier alpha value is -4.74. The zero-order valence-electron chi connectivity index (χ0n) is 22.7. The van der Waals surface area contributed by atoms with Gasteiger partial charge in [0.25, 0.3) is 11.5 Å². The molecule has 0 aliphatic carbocycles. The number of hydrogen-bond donors (Lipinski definition) is 4. The molecular weight excluding hydrogens is 532 g/mol. The molecule has 0 aliphatic heterocycles. The van der Waals surface area contributed by atoms with E-state index in [9.17, 15) is 28.6 Å². The summed E-state index contributed by atoms with van der Waals surface area (Å²) in [5.74, 6) is -2.37. The summed E-state index contributed by atoms with van der Waals surface area (Å²) in [6.07, 6.45) is 5.11. The van der Waals surface area contributed by atoms with Crippen LogP contribution in [-0.4, -0.2) is 49.9 Å². The first-order valence-corrected chi connectivity index (χ1v) is 12.8. The van der Waals surface area contributed by atoms with E-state index in [2.05, 4.69) is 20.6 Å². The van der Waals surface area contributed by atoms with E-state index in [1.807, 2.05) is 6.92 Å². The Balaban J connectivity index is 2.00. The summed E-state index contributed by atoms with van der Waals surface area (Å²) in [6, 6.07) is 10.2. The van der Waals surface area contributed by atoms with E-state index in [4.69, 9.17) is 0 Å². The molecule has 4 rings (SSSR count). The van der Waals surface area contributed by atoms with Crippen LogP contribution in [0.1, 0.15) is 19.4 Å². The van der Waals surface area contributed by atoms with Crippen molar-refractivity contribution >= 4 is 28.6 Å². The first-order chi connectivity index (χ1) is 19.7. The number of pyridine rings is 1. The number of hydrogen-bond acceptors (Lipinski definition) is 7. The number of para-hydroxylation sites is 1. The number of benzene rings is 2. The van der Waals surface area contributed by atoms with Crippen LogP contribution in [0.25, 0.3) is 28.0 Å². The zero-order chi connectivity index (χ0) is 29.7. The Morgan fingerprint density at radius 1 is 1.05 bits per heavy atom. The van der Waals surface area contributed by atoms with Crippen LogP contribution in [0.5, 0.6) is 0 Å². The molecule has 0 fully saturated rings. The van der Waals surface area contributed by atoms with E-state index in [0.717, 1.165) is 28.3 Å². The van der Waals surface area contributed by atoms with Crippen LogP contribution in [0.2, 0.25) is 0 Å². The van der Waals surface area contributed by atoms with Crippen molar-refractivity contribution in [2.75, 3.05) is 23.8 Å². The molecule has 0 bridgehead atoms. The number of carbonyl (C=O) groups excluding carboxylic acids is 1. The van der Waals surface area contributed by atoms with E-state index in [1.54, 1.807) is 50.3 Å². The fourth-order valence-electron chi connectivity index (χ4n) is 4.28. The van der Waals surface area contributed by atoms with Crippen LogP contribution in [-0.2, 0) is 4.79 Å². The quantitative estimate of drug-likeness (QED) is 0.178. The van der Waals surface area contributed by atoms with Gasteiger partial charge in [0.15, 0.2) is 5.65 Å². The van der Waals surface area contributed by atoms with Gasteiger partial charge in [-0.05, 0) is 56.7 Å². The Bertz CT molecular complexity index is 1710. The van der Waals surface area contributed by atoms with Gasteiger partial charge in [-0.25, -0.2) is 13.8 Å². The van der Waals surface area contributed by atoms with Crippen LogP contribution in [0.15, 0.2) is 77.1 Å². The number of fused-ring (bicyclic) bond motifs is 1. The van der Waals surface area contributed by atoms with Crippen LogP contribution < -0.4 is 16.2 Å². The second-order valence-electron chi connectivity index (χ2n) is 9.14. The minimum Gasteiger partial charge on any atom is -0.394 e. The molecule has 4 N–H and O–H groups in total. The molecule has 1 amide bonds. The maximum absolute atomic E-state index is 14.9. The van der Waals surface area contributed by atoms with Gasteiger partial charge in [0.1, 0.15) is 17.3 Å². The van der Waals surface area contributed by atoms with Crippen molar-refractivity contribution in [3.05, 3.63) is 99.9 Å². The molecule has 4 aromatic rings. The van der Waals surface area contributed by atoms with Crippen LogP contribution in [0, 0.1) is 18.6 Å². The Morgan fingerprint density at radius 3 is 2.39 bits per heavy atom. The van der Waals surface area contributed by atoms with E-state index in [1.165, 1.54) is 12.1 Å². The van der Waals surface area contributed by atoms with Crippen LogP contribution in [0.3, 0.4) is 0 Å². The summed E-state index contributed by atoms with van der Waals surface area (Å²) in [6.45, 7) is 4.45. The van der Waals surface area contributed by atoms with Gasteiger partial charge in [0, 0.05) is 28.3 Å². The highest BCUT2D eigenvalue weighted by atomic mass is 19.1. The predicted octanol–water partition coefficient (Wildman–Crippen LogP) is 4.26. The first-order valence-electron chi connectivity index (χ1n) is 12.8. The van der Waals surface area contributed by atoms with Crippen molar-refractivity contribution in [3.63, 3.8) is 0 Å². The van der Waals surface area contributed by atoms with Crippen LogP contribution in [0.4, 0.5) is 20.4 Å². The number of aromatic nitrogens is 3. The highest BCUT2D eigenvalue weighted by Crippen LogP contribution is 2.33. The topological polar surface area (TPSA) is 129 Å². The molecule has 0 aliphatic rings. The monoisotopic (exact) mass is 561 g/mol. The van der Waals surface area contributed by atoms with Crippen molar-refractivity contribution in [1.29, 1.82) is 0 Å². The molecule has 0 saturated heterocycles. The molecule has 0 radical (unpaired) electrons. The average molecular weight is 562 g/mol. The molecule has 9 nitrogen and oxygen atoms in total. The summed E-state index contributed by atoms with van der Waals surface area (Å²) >= 11 is 0. The van der Waals surface area contributed by atoms with Gasteiger partial charge in [-0.15, -0.1) is 0 Å². The Morgan fingerprint density at radius 2 is 1.76 bits per heavy atom. The third kappa shape index (κ3) is 6.06. The molecule has 41 heavy (non-hydrogen) atoms. The molecule has 0 saturated carbocycles. The maximum Gasteiger partial charge on any atom is 0.256 e. The smallest absolute Gasteiger partial charge is 0.256 e. The average Bonchev–Trinajstić information content (AvgIpc) is 2.96. The molecule has 212 valence electrons. The number of amides is 1. The van der Waals surface area contributed by atoms with Gasteiger partial charge >= 0.3 is 0 Å². The molecule has 2 aromatic heterocycles. The standard InChI is InChI=1S/C30H29F2N5O4/c1-4-7-18(5-2)29(41)33-19-11-10-17(3)22(14-19)26-21-12-13-25(40)37(27-23(31)8-6-9-24(27)32)28(21)36-30(35-26)34-20(15-38)16-39/h4-14,20,38-39H,15-16H2,1-3H3,(H,33,41)(H,34,35,36)/b7-4-,18-5+. The van der Waals surface area contributed by atoms with E-state index >= 15 is 0 Å². The molecule has 2 aromatic carbocycles. The van der Waals surface area contributed by atoms with E-state index in [-0.39, 0.29) is 28.6 Å². The number of nitrogens with one attached hydrogen (secondary N) is 2. The summed E-state index contributed by atoms with van der Waals surface area (Å²) in [5, 5.41) is 25.2. The van der Waals surface area contributed by atoms with Gasteiger partial charge in [-0.3, -0.25) is 14.2 Å². The maximum atomic E-state index is 14.9. The van der Waals surface area contributed by atoms with Crippen LogP contribution >= 0.6 is 0 Å². The Labute approximate surface area is 234 Å². The molecule has 11 heteroatoms. The normalized spacial score (nSPS) is 12.0. The highest BCUT2D eigenvalue weighted by Gasteiger charge is 2.21. The third-order valence-electron chi connectivity index (χ3n) is 6.36. The summed E-state index contributed by atoms with van der Waals surface area (Å²) < 4.78 is 30.6. The van der Waals surface area contributed by atoms with Crippen molar-refractivity contribution in [1.82, 2.24) is 14.5 Å². The Kier molecular flexibility index (Phi) is 9.00. The molecule has 0 unspecified atom stereocenters. The lowest BCUT2D eigenvalue weighted by atomic mass is 10.0. The zero-order valence-corrected chi connectivity index (χ0v) is 22.7. The van der Waals surface area contributed by atoms with Crippen molar-refractivity contribution in [2.45, 2.75) is 26.8 Å². The van der Waals surface area contributed by atoms with Crippen molar-refractivity contribution in [2.24, 2.45) is 0 Å². The number of carbonyl (C=O) groups is 1. The van der Waals surface area contributed by atoms with Gasteiger partial charge in [0.2, 0.25) is 5.95 Å². The van der Waals surface area contributed by atoms with Crippen molar-refractivity contribution in [3.8, 4) is 16.9 Å². The minimum atomic E-state index is -0.973. The van der Waals surface area contributed by atoms with Crippen molar-refractivity contribution < 1.29 is 23.8 Å². The molecular formula is C30H29F2N5O4. The number of allylic oxidation sites excluding steroid dienone is 2. The van der Waals surface area contributed by atoms with E-state index in [0.29, 0.717) is 16.8 Å². The second-order valence-corrected chi connectivity index (χ2v) is 9.14. The first kappa shape index (κ1) is 29.2. The summed E-state index contributed by atoms with van der Waals surface area (Å²) in [7, 11) is 0. The number of rotatable bonds is 9. The lowest BCUT2D eigenvalue weighted by molar-refractivity contribution is -0.112. The predicted molar refractivity (Wildman–Crippen MR) is 154 cm³/mol. The van der Waals surface area contributed by atoms with Gasteiger partial charge in [-0.2, -0.15) is 4.98 Å². The van der Waals surface area contributed by atoms with Gasteiger partial charge < -0.3 is 20.8 Å². The highest BCUT2D eigenvalue weighted by molar-refractivity contribution is 6.06. The number of nitrogens with zero attached hydrogens (tertiary/aromatic N) is 3. The second kappa shape index (κ2) is 12.6. The minimum absolute atomic E-state index is 0.102. The number of halogens is 2. The fraction of sp³-hybridized carbons (Fsp3) is 0.200. The SMILES string of the molecule is C/C=C\C(=C/C)C(=O)Nc1ccc(C)c(-c2nc(NC(CO)CO)nc3c2ccc(=O)n3-c2c(F)cccc2F)c1. The number of aliphatic hydroxyl groups is 2. The molecule has 0 atom stereocenters. The summed E-state index contributed by atoms with van der Waals surface area (Å²) in [4.78, 5) is 34.8. The lowest BCUT2D eigenvalue weighted by Crippen LogP contribution is -2.29. The molecule has 2 heterocycles. The lowest BCUT2D eigenvalue weighted by Gasteiger charge is -2.18. The number of anilines is 2. The van der Waals surface area contributed by atoms with E-state index < -0.39 is 42.1 Å². The number of aliphatic hydroxyl groups excluding tert-OH is 2. The molecule has 0 spiro atoms. The van der Waals surface area contributed by atoms with Gasteiger partial charge in [0.05, 0.1) is 24.9 Å². The van der Waals surface area contributed by atoms with Gasteiger partial charge in [-0.1, -0.05) is 30.4 Å².